The van der Waals surface area contributed by atoms with Crippen molar-refractivity contribution in [2.45, 2.75) is 19.4 Å². The van der Waals surface area contributed by atoms with E-state index >= 15 is 0 Å². The monoisotopic (exact) mass is 399 g/mol. The standard InChI is InChI=1S/C25H22ClN3/c1-4-16-11-17(14-27)21-13-24(29-23(21)12-16)19-8-5-7-18(15(19)2)20-9-6-10-22(28-3)25(20)26/h4-12,24,28-29H,1,13H2,2-3H3. The molecule has 0 fully saturated rings. The van der Waals surface area contributed by atoms with Gasteiger partial charge < -0.3 is 10.6 Å². The van der Waals surface area contributed by atoms with Crippen molar-refractivity contribution in [3.63, 3.8) is 0 Å². The van der Waals surface area contributed by atoms with Gasteiger partial charge in [0.1, 0.15) is 0 Å². The Morgan fingerprint density at radius 2 is 1.97 bits per heavy atom. The molecule has 0 radical (unpaired) electrons. The van der Waals surface area contributed by atoms with Gasteiger partial charge in [0, 0.05) is 24.7 Å². The zero-order valence-electron chi connectivity index (χ0n) is 16.5. The minimum atomic E-state index is 0.114. The largest absolute Gasteiger partial charge is 0.387 e. The molecule has 0 aliphatic carbocycles. The van der Waals surface area contributed by atoms with Gasteiger partial charge in [-0.1, -0.05) is 54.6 Å². The number of hydrogen-bond donors (Lipinski definition) is 2. The molecule has 29 heavy (non-hydrogen) atoms. The summed E-state index contributed by atoms with van der Waals surface area (Å²) in [5, 5.41) is 17.1. The molecule has 1 aliphatic heterocycles. The predicted octanol–water partition coefficient (Wildman–Crippen LogP) is 6.58. The van der Waals surface area contributed by atoms with Crippen LogP contribution < -0.4 is 10.6 Å². The van der Waals surface area contributed by atoms with Crippen molar-refractivity contribution < 1.29 is 0 Å². The fourth-order valence-corrected chi connectivity index (χ4v) is 4.47. The number of fused-ring (bicyclic) bond motifs is 1. The molecular formula is C25H22ClN3. The Bertz CT molecular complexity index is 1160. The number of nitriles is 1. The molecule has 1 unspecified atom stereocenters. The Balaban J connectivity index is 1.76. The van der Waals surface area contributed by atoms with E-state index in [1.165, 1.54) is 11.1 Å². The summed E-state index contributed by atoms with van der Waals surface area (Å²) in [5.41, 5.74) is 9.21. The van der Waals surface area contributed by atoms with E-state index < -0.39 is 0 Å². The number of nitrogens with one attached hydrogen (secondary N) is 2. The highest BCUT2D eigenvalue weighted by Crippen LogP contribution is 2.41. The first kappa shape index (κ1) is 19.1. The van der Waals surface area contributed by atoms with E-state index in [2.05, 4.69) is 60.5 Å². The van der Waals surface area contributed by atoms with Crippen molar-refractivity contribution in [2.75, 3.05) is 17.7 Å². The van der Waals surface area contributed by atoms with Crippen LogP contribution in [0.4, 0.5) is 11.4 Å². The van der Waals surface area contributed by atoms with E-state index in [1.807, 2.05) is 25.2 Å². The van der Waals surface area contributed by atoms with E-state index in [4.69, 9.17) is 11.6 Å². The lowest BCUT2D eigenvalue weighted by atomic mass is 9.91. The fourth-order valence-electron chi connectivity index (χ4n) is 4.15. The summed E-state index contributed by atoms with van der Waals surface area (Å²) >= 11 is 6.65. The summed E-state index contributed by atoms with van der Waals surface area (Å²) in [6, 6.07) is 18.8. The van der Waals surface area contributed by atoms with Gasteiger partial charge in [-0.25, -0.2) is 0 Å². The highest BCUT2D eigenvalue weighted by atomic mass is 35.5. The SMILES string of the molecule is C=Cc1cc(C#N)c2c(c1)NC(c1cccc(-c3cccc(NC)c3Cl)c1C)C2. The highest BCUT2D eigenvalue weighted by molar-refractivity contribution is 6.36. The molecule has 0 amide bonds. The van der Waals surface area contributed by atoms with Crippen LogP contribution >= 0.6 is 11.6 Å². The summed E-state index contributed by atoms with van der Waals surface area (Å²) in [4.78, 5) is 0. The van der Waals surface area contributed by atoms with Gasteiger partial charge in [0.05, 0.1) is 28.4 Å². The topological polar surface area (TPSA) is 47.9 Å². The summed E-state index contributed by atoms with van der Waals surface area (Å²) < 4.78 is 0. The average molecular weight is 400 g/mol. The number of benzene rings is 3. The van der Waals surface area contributed by atoms with E-state index in [-0.39, 0.29) is 6.04 Å². The van der Waals surface area contributed by atoms with Crippen molar-refractivity contribution in [2.24, 2.45) is 0 Å². The van der Waals surface area contributed by atoms with Crippen LogP contribution in [0.1, 0.15) is 33.9 Å². The van der Waals surface area contributed by atoms with Crippen molar-refractivity contribution in [1.82, 2.24) is 0 Å². The van der Waals surface area contributed by atoms with Gasteiger partial charge in [0.2, 0.25) is 0 Å². The first-order valence-electron chi connectivity index (χ1n) is 9.59. The molecule has 3 nitrogen and oxygen atoms in total. The van der Waals surface area contributed by atoms with E-state index in [9.17, 15) is 5.26 Å². The number of nitrogens with zero attached hydrogens (tertiary/aromatic N) is 1. The van der Waals surface area contributed by atoms with Gasteiger partial charge in [-0.3, -0.25) is 0 Å². The van der Waals surface area contributed by atoms with Crippen LogP contribution in [0.3, 0.4) is 0 Å². The Labute approximate surface area is 176 Å². The number of rotatable bonds is 4. The zero-order valence-corrected chi connectivity index (χ0v) is 17.3. The molecule has 0 saturated carbocycles. The van der Waals surface area contributed by atoms with Gasteiger partial charge in [-0.2, -0.15) is 5.26 Å². The van der Waals surface area contributed by atoms with Crippen LogP contribution in [-0.2, 0) is 6.42 Å². The van der Waals surface area contributed by atoms with Gasteiger partial charge in [-0.15, -0.1) is 0 Å². The maximum atomic E-state index is 9.57. The maximum Gasteiger partial charge on any atom is 0.0995 e. The van der Waals surface area contributed by atoms with Crippen molar-refractivity contribution in [1.29, 1.82) is 5.26 Å². The van der Waals surface area contributed by atoms with Crippen LogP contribution in [0.25, 0.3) is 17.2 Å². The lowest BCUT2D eigenvalue weighted by Crippen LogP contribution is -2.08. The van der Waals surface area contributed by atoms with E-state index in [1.54, 1.807) is 6.08 Å². The molecule has 1 aliphatic rings. The maximum absolute atomic E-state index is 9.57. The normalized spacial score (nSPS) is 14.6. The highest BCUT2D eigenvalue weighted by Gasteiger charge is 2.27. The molecule has 1 atom stereocenters. The Hall–Kier alpha value is -3.22. The van der Waals surface area contributed by atoms with Crippen LogP contribution in [-0.4, -0.2) is 7.05 Å². The molecule has 2 N–H and O–H groups in total. The minimum Gasteiger partial charge on any atom is -0.387 e. The molecule has 0 bridgehead atoms. The molecule has 0 aromatic heterocycles. The Morgan fingerprint density at radius 1 is 1.21 bits per heavy atom. The summed E-state index contributed by atoms with van der Waals surface area (Å²) in [7, 11) is 1.87. The third kappa shape index (κ3) is 3.26. The quantitative estimate of drug-likeness (QED) is 0.520. The second-order valence-electron chi connectivity index (χ2n) is 7.25. The van der Waals surface area contributed by atoms with Crippen LogP contribution in [0.2, 0.25) is 5.02 Å². The van der Waals surface area contributed by atoms with Gasteiger partial charge in [0.25, 0.3) is 0 Å². The van der Waals surface area contributed by atoms with Gasteiger partial charge >= 0.3 is 0 Å². The number of halogens is 1. The van der Waals surface area contributed by atoms with E-state index in [0.717, 1.165) is 45.1 Å². The van der Waals surface area contributed by atoms with Crippen molar-refractivity contribution in [3.05, 3.63) is 87.9 Å². The van der Waals surface area contributed by atoms with Crippen molar-refractivity contribution >= 4 is 29.1 Å². The van der Waals surface area contributed by atoms with Gasteiger partial charge in [-0.05, 0) is 52.9 Å². The Kier molecular flexibility index (Phi) is 5.05. The fraction of sp³-hybridized carbons (Fsp3) is 0.160. The summed E-state index contributed by atoms with van der Waals surface area (Å²) in [6.45, 7) is 5.97. The second kappa shape index (κ2) is 7.66. The van der Waals surface area contributed by atoms with Crippen molar-refractivity contribution in [3.8, 4) is 17.2 Å². The number of anilines is 2. The first-order valence-corrected chi connectivity index (χ1v) is 9.97. The molecule has 1 heterocycles. The number of hydrogen-bond acceptors (Lipinski definition) is 3. The first-order chi connectivity index (χ1) is 14.1. The van der Waals surface area contributed by atoms with Crippen LogP contribution in [0.15, 0.2) is 55.1 Å². The van der Waals surface area contributed by atoms with Crippen LogP contribution in [0.5, 0.6) is 0 Å². The average Bonchev–Trinajstić information content (AvgIpc) is 3.17. The molecule has 0 saturated heterocycles. The summed E-state index contributed by atoms with van der Waals surface area (Å²) in [6.07, 6.45) is 2.56. The molecule has 3 aromatic rings. The Morgan fingerprint density at radius 3 is 2.69 bits per heavy atom. The predicted molar refractivity (Wildman–Crippen MR) is 122 cm³/mol. The minimum absolute atomic E-state index is 0.114. The smallest absolute Gasteiger partial charge is 0.0995 e. The third-order valence-electron chi connectivity index (χ3n) is 5.68. The second-order valence-corrected chi connectivity index (χ2v) is 7.63. The zero-order chi connectivity index (χ0) is 20.5. The van der Waals surface area contributed by atoms with Crippen LogP contribution in [0, 0.1) is 18.3 Å². The van der Waals surface area contributed by atoms with Gasteiger partial charge in [0.15, 0.2) is 0 Å². The molecule has 4 heteroatoms. The molecule has 0 spiro atoms. The summed E-state index contributed by atoms with van der Waals surface area (Å²) in [5.74, 6) is 0. The third-order valence-corrected chi connectivity index (χ3v) is 6.08. The molecule has 144 valence electrons. The molecule has 3 aromatic carbocycles. The molecule has 4 rings (SSSR count). The molecular weight excluding hydrogens is 378 g/mol. The van der Waals surface area contributed by atoms with E-state index in [0.29, 0.717) is 5.56 Å². The lowest BCUT2D eigenvalue weighted by Gasteiger charge is -2.19. The lowest BCUT2D eigenvalue weighted by molar-refractivity contribution is 0.816.